The van der Waals surface area contributed by atoms with Gasteiger partial charge in [-0.3, -0.25) is 4.79 Å². The average molecular weight is 377 g/mol. The van der Waals surface area contributed by atoms with Crippen molar-refractivity contribution in [1.82, 2.24) is 9.88 Å². The molecule has 1 amide bonds. The summed E-state index contributed by atoms with van der Waals surface area (Å²) in [6, 6.07) is 7.89. The number of benzene rings is 1. The summed E-state index contributed by atoms with van der Waals surface area (Å²) in [5.74, 6) is 0.617. The maximum atomic E-state index is 12.6. The van der Waals surface area contributed by atoms with Crippen molar-refractivity contribution in [3.8, 4) is 0 Å². The Hall–Kier alpha value is -1.43. The van der Waals surface area contributed by atoms with Crippen molar-refractivity contribution in [3.05, 3.63) is 50.1 Å². The van der Waals surface area contributed by atoms with Gasteiger partial charge in [-0.1, -0.05) is 11.6 Å². The highest BCUT2D eigenvalue weighted by Crippen LogP contribution is 2.35. The fraction of sp³-hybridized carbons (Fsp3) is 0.333. The predicted octanol–water partition coefficient (Wildman–Crippen LogP) is 5.34. The van der Waals surface area contributed by atoms with Gasteiger partial charge in [0, 0.05) is 24.0 Å². The van der Waals surface area contributed by atoms with Crippen LogP contribution in [0.15, 0.2) is 29.6 Å². The molecule has 1 aromatic carbocycles. The normalized spacial score (nSPS) is 16.0. The van der Waals surface area contributed by atoms with E-state index >= 15 is 0 Å². The third-order valence-electron chi connectivity index (χ3n) is 4.55. The highest BCUT2D eigenvalue weighted by molar-refractivity contribution is 7.18. The Morgan fingerprint density at radius 2 is 2.08 bits per heavy atom. The number of thiophene rings is 1. The van der Waals surface area contributed by atoms with E-state index in [4.69, 9.17) is 16.6 Å². The van der Waals surface area contributed by atoms with E-state index in [1.165, 1.54) is 21.0 Å². The number of carbonyl (C=O) groups excluding carboxylic acids is 1. The van der Waals surface area contributed by atoms with Crippen molar-refractivity contribution in [2.45, 2.75) is 25.7 Å². The Kier molecular flexibility index (Phi) is 4.33. The molecule has 0 radical (unpaired) electrons. The second-order valence-corrected chi connectivity index (χ2v) is 8.58. The number of carbonyl (C=O) groups is 1. The van der Waals surface area contributed by atoms with E-state index in [9.17, 15) is 4.79 Å². The molecule has 0 aliphatic carbocycles. The van der Waals surface area contributed by atoms with E-state index in [2.05, 4.69) is 0 Å². The molecule has 3 aromatic rings. The quantitative estimate of drug-likeness (QED) is 0.604. The Morgan fingerprint density at radius 3 is 2.79 bits per heavy atom. The number of aryl methyl sites for hydroxylation is 1. The highest BCUT2D eigenvalue weighted by Gasteiger charge is 2.27. The topological polar surface area (TPSA) is 33.2 Å². The second-order valence-electron chi connectivity index (χ2n) is 6.16. The van der Waals surface area contributed by atoms with Crippen LogP contribution in [0.5, 0.6) is 0 Å². The maximum Gasteiger partial charge on any atom is 0.264 e. The van der Waals surface area contributed by atoms with Crippen molar-refractivity contribution in [1.29, 1.82) is 0 Å². The fourth-order valence-corrected chi connectivity index (χ4v) is 5.33. The Labute approximate surface area is 153 Å². The minimum Gasteiger partial charge on any atom is -0.338 e. The molecule has 0 N–H and O–H groups in total. The number of thiazole rings is 1. The van der Waals surface area contributed by atoms with Crippen LogP contribution in [0.4, 0.5) is 0 Å². The van der Waals surface area contributed by atoms with Gasteiger partial charge in [-0.25, -0.2) is 4.98 Å². The smallest absolute Gasteiger partial charge is 0.264 e. The van der Waals surface area contributed by atoms with E-state index in [-0.39, 0.29) is 5.91 Å². The molecule has 0 spiro atoms. The van der Waals surface area contributed by atoms with Gasteiger partial charge in [0.1, 0.15) is 0 Å². The molecule has 3 heterocycles. The number of nitrogens with zero attached hydrogens (tertiary/aromatic N) is 2. The van der Waals surface area contributed by atoms with Gasteiger partial charge >= 0.3 is 0 Å². The van der Waals surface area contributed by atoms with Gasteiger partial charge in [0.05, 0.1) is 20.1 Å². The number of likely N-dealkylation sites (tertiary alicyclic amines) is 1. The van der Waals surface area contributed by atoms with Gasteiger partial charge in [-0.15, -0.1) is 22.7 Å². The van der Waals surface area contributed by atoms with Crippen LogP contribution in [0.3, 0.4) is 0 Å². The molecule has 6 heteroatoms. The fourth-order valence-electron chi connectivity index (χ4n) is 3.16. The third-order valence-corrected chi connectivity index (χ3v) is 6.99. The number of piperidine rings is 1. The number of amides is 1. The molecule has 2 aromatic heterocycles. The minimum atomic E-state index is 0.178. The molecule has 124 valence electrons. The van der Waals surface area contributed by atoms with Crippen LogP contribution in [0.2, 0.25) is 5.02 Å². The van der Waals surface area contributed by atoms with Gasteiger partial charge < -0.3 is 4.90 Å². The van der Waals surface area contributed by atoms with Gasteiger partial charge in [-0.2, -0.15) is 0 Å². The lowest BCUT2D eigenvalue weighted by molar-refractivity contribution is 0.0717. The number of rotatable bonds is 2. The molecule has 0 atom stereocenters. The molecule has 1 saturated heterocycles. The van der Waals surface area contributed by atoms with Gasteiger partial charge in [0.2, 0.25) is 0 Å². The summed E-state index contributed by atoms with van der Waals surface area (Å²) in [5, 5.41) is 3.89. The largest absolute Gasteiger partial charge is 0.338 e. The molecule has 24 heavy (non-hydrogen) atoms. The first-order chi connectivity index (χ1) is 11.6. The SMILES string of the molecule is Cc1ccsc1C(=O)N1CCC(c2nc3cc(Cl)ccc3s2)CC1. The second kappa shape index (κ2) is 6.47. The van der Waals surface area contributed by atoms with Gasteiger partial charge in [0.25, 0.3) is 5.91 Å². The van der Waals surface area contributed by atoms with Crippen molar-refractivity contribution in [2.24, 2.45) is 0 Å². The lowest BCUT2D eigenvalue weighted by Gasteiger charge is -2.31. The first-order valence-corrected chi connectivity index (χ1v) is 10.1. The lowest BCUT2D eigenvalue weighted by atomic mass is 9.97. The molecule has 3 nitrogen and oxygen atoms in total. The van der Waals surface area contributed by atoms with Crippen LogP contribution in [-0.4, -0.2) is 28.9 Å². The van der Waals surface area contributed by atoms with Crippen LogP contribution < -0.4 is 0 Å². The first kappa shape index (κ1) is 16.1. The van der Waals surface area contributed by atoms with Crippen molar-refractivity contribution < 1.29 is 4.79 Å². The molecular formula is C18H17ClN2OS2. The summed E-state index contributed by atoms with van der Waals surface area (Å²) in [4.78, 5) is 20.2. The Balaban J connectivity index is 1.47. The molecular weight excluding hydrogens is 360 g/mol. The monoisotopic (exact) mass is 376 g/mol. The van der Waals surface area contributed by atoms with Crippen molar-refractivity contribution >= 4 is 50.4 Å². The molecule has 0 bridgehead atoms. The molecule has 1 aliphatic heterocycles. The summed E-state index contributed by atoms with van der Waals surface area (Å²) < 4.78 is 1.18. The standard InChI is InChI=1S/C18H17ClN2OS2/c1-11-6-9-23-16(11)18(22)21-7-4-12(5-8-21)17-20-14-10-13(19)2-3-15(14)24-17/h2-3,6,9-10,12H,4-5,7-8H2,1H3. The van der Waals surface area contributed by atoms with Crippen molar-refractivity contribution in [3.63, 3.8) is 0 Å². The number of halogens is 1. The van der Waals surface area contributed by atoms with Crippen molar-refractivity contribution in [2.75, 3.05) is 13.1 Å². The van der Waals surface area contributed by atoms with Crippen LogP contribution >= 0.6 is 34.3 Å². The summed E-state index contributed by atoms with van der Waals surface area (Å²) in [6.45, 7) is 3.61. The van der Waals surface area contributed by atoms with E-state index in [1.54, 1.807) is 11.3 Å². The van der Waals surface area contributed by atoms with Crippen LogP contribution in [0.1, 0.15) is 39.0 Å². The summed E-state index contributed by atoms with van der Waals surface area (Å²) in [5.41, 5.74) is 2.06. The van der Waals surface area contributed by atoms with Crippen LogP contribution in [0.25, 0.3) is 10.2 Å². The molecule has 4 rings (SSSR count). The van der Waals surface area contributed by atoms with E-state index in [1.807, 2.05) is 41.5 Å². The molecule has 0 unspecified atom stereocenters. The highest BCUT2D eigenvalue weighted by atomic mass is 35.5. The third kappa shape index (κ3) is 2.96. The Morgan fingerprint density at radius 1 is 1.29 bits per heavy atom. The number of fused-ring (bicyclic) bond motifs is 1. The summed E-state index contributed by atoms with van der Waals surface area (Å²) >= 11 is 9.34. The molecule has 0 saturated carbocycles. The van der Waals surface area contributed by atoms with Gasteiger partial charge in [0.15, 0.2) is 0 Å². The molecule has 1 aliphatic rings. The molecule has 1 fully saturated rings. The minimum absolute atomic E-state index is 0.178. The number of hydrogen-bond donors (Lipinski definition) is 0. The zero-order chi connectivity index (χ0) is 16.7. The number of hydrogen-bond acceptors (Lipinski definition) is 4. The maximum absolute atomic E-state index is 12.6. The van der Waals surface area contributed by atoms with E-state index in [0.717, 1.165) is 46.9 Å². The van der Waals surface area contributed by atoms with E-state index in [0.29, 0.717) is 5.92 Å². The zero-order valence-electron chi connectivity index (χ0n) is 13.3. The predicted molar refractivity (Wildman–Crippen MR) is 102 cm³/mol. The number of aromatic nitrogens is 1. The zero-order valence-corrected chi connectivity index (χ0v) is 15.7. The van der Waals surface area contributed by atoms with Crippen LogP contribution in [0, 0.1) is 6.92 Å². The summed E-state index contributed by atoms with van der Waals surface area (Å²) in [6.07, 6.45) is 1.95. The average Bonchev–Trinajstić information content (AvgIpc) is 3.20. The van der Waals surface area contributed by atoms with Gasteiger partial charge in [-0.05, 0) is 55.0 Å². The Bertz CT molecular complexity index is 893. The summed E-state index contributed by atoms with van der Waals surface area (Å²) in [7, 11) is 0. The van der Waals surface area contributed by atoms with Crippen LogP contribution in [-0.2, 0) is 0 Å². The first-order valence-electron chi connectivity index (χ1n) is 8.01. The van der Waals surface area contributed by atoms with E-state index < -0.39 is 0 Å². The lowest BCUT2D eigenvalue weighted by Crippen LogP contribution is -2.37.